The van der Waals surface area contributed by atoms with E-state index in [-0.39, 0.29) is 11.4 Å². The fourth-order valence-corrected chi connectivity index (χ4v) is 7.92. The zero-order valence-corrected chi connectivity index (χ0v) is 25.0. The van der Waals surface area contributed by atoms with Gasteiger partial charge in [-0.15, -0.1) is 0 Å². The first-order valence-electron chi connectivity index (χ1n) is 16.5. The smallest absolute Gasteiger partial charge is 0.311 e. The maximum absolute atomic E-state index is 12.6. The lowest BCUT2D eigenvalue weighted by Crippen LogP contribution is -2.42. The van der Waals surface area contributed by atoms with Crippen LogP contribution >= 0.6 is 0 Å². The van der Waals surface area contributed by atoms with Gasteiger partial charge in [0.2, 0.25) is 0 Å². The molecule has 0 amide bonds. The van der Waals surface area contributed by atoms with E-state index in [1.807, 2.05) is 6.07 Å². The second-order valence-electron chi connectivity index (χ2n) is 13.0. The van der Waals surface area contributed by atoms with E-state index in [4.69, 9.17) is 4.74 Å². The topological polar surface area (TPSA) is 43.4 Å². The maximum Gasteiger partial charge on any atom is 0.311 e. The number of carbonyl (C=O) groups is 2. The van der Waals surface area contributed by atoms with Crippen LogP contribution in [0.4, 0.5) is 0 Å². The van der Waals surface area contributed by atoms with Gasteiger partial charge in [-0.25, -0.2) is 0 Å². The second kappa shape index (κ2) is 15.2. The number of hydrogen-bond donors (Lipinski definition) is 0. The van der Waals surface area contributed by atoms with Gasteiger partial charge >= 0.3 is 5.97 Å². The van der Waals surface area contributed by atoms with Gasteiger partial charge in [0.25, 0.3) is 0 Å². The van der Waals surface area contributed by atoms with E-state index >= 15 is 0 Å². The molecule has 1 aromatic rings. The van der Waals surface area contributed by atoms with Gasteiger partial charge in [0.15, 0.2) is 0 Å². The van der Waals surface area contributed by atoms with Crippen LogP contribution in [0.5, 0.6) is 5.75 Å². The Morgan fingerprint density at radius 2 is 1.59 bits per heavy atom. The van der Waals surface area contributed by atoms with Crippen molar-refractivity contribution in [2.45, 2.75) is 148 Å². The first kappa shape index (κ1) is 30.1. The number of ketones is 1. The van der Waals surface area contributed by atoms with Crippen molar-refractivity contribution < 1.29 is 14.3 Å². The molecule has 0 saturated heterocycles. The lowest BCUT2D eigenvalue weighted by atomic mass is 9.55. The van der Waals surface area contributed by atoms with E-state index < -0.39 is 0 Å². The second-order valence-corrected chi connectivity index (χ2v) is 13.0. The van der Waals surface area contributed by atoms with E-state index in [2.05, 4.69) is 38.1 Å². The number of carbonyl (C=O) groups excluding carboxylic acids is 2. The highest BCUT2D eigenvalue weighted by molar-refractivity contribution is 5.87. The lowest BCUT2D eigenvalue weighted by Gasteiger charge is -2.48. The number of unbranched alkanes of at least 4 members (excludes halogenated alkanes) is 11. The molecular formula is C36H54O3. The molecule has 3 aliphatic rings. The number of fused-ring (bicyclic) bond motifs is 5. The first-order chi connectivity index (χ1) is 19.0. The summed E-state index contributed by atoms with van der Waals surface area (Å²) < 4.78 is 5.74. The molecule has 3 aliphatic carbocycles. The highest BCUT2D eigenvalue weighted by Crippen LogP contribution is 2.59. The Morgan fingerprint density at radius 1 is 0.897 bits per heavy atom. The Morgan fingerprint density at radius 3 is 2.33 bits per heavy atom. The minimum absolute atomic E-state index is 0.0713. The zero-order chi connectivity index (χ0) is 27.5. The number of Topliss-reactive ketones (excluding diaryl/α,β-unsaturated/α-hetero) is 1. The number of allylic oxidation sites excluding steroid dienone is 2. The minimum Gasteiger partial charge on any atom is -0.427 e. The highest BCUT2D eigenvalue weighted by Gasteiger charge is 2.54. The number of rotatable bonds is 16. The molecule has 1 aromatic carbocycles. The molecule has 0 bridgehead atoms. The summed E-state index contributed by atoms with van der Waals surface area (Å²) in [6.45, 7) is 4.50. The average molecular weight is 535 g/mol. The largest absolute Gasteiger partial charge is 0.427 e. The molecule has 4 atom stereocenters. The van der Waals surface area contributed by atoms with Crippen molar-refractivity contribution in [2.24, 2.45) is 17.3 Å². The minimum atomic E-state index is -0.0980. The summed E-state index contributed by atoms with van der Waals surface area (Å²) in [5, 5.41) is 0. The van der Waals surface area contributed by atoms with Crippen molar-refractivity contribution in [3.63, 3.8) is 0 Å². The van der Waals surface area contributed by atoms with Crippen molar-refractivity contribution in [3.8, 4) is 5.75 Å². The van der Waals surface area contributed by atoms with E-state index in [0.717, 1.165) is 51.4 Å². The molecule has 39 heavy (non-hydrogen) atoms. The molecule has 0 aromatic heterocycles. The Labute approximate surface area is 238 Å². The molecular weight excluding hydrogens is 480 g/mol. The molecule has 3 heteroatoms. The van der Waals surface area contributed by atoms with Gasteiger partial charge in [-0.3, -0.25) is 9.59 Å². The van der Waals surface area contributed by atoms with Crippen LogP contribution in [0, 0.1) is 17.3 Å². The zero-order valence-electron chi connectivity index (χ0n) is 25.0. The van der Waals surface area contributed by atoms with E-state index in [9.17, 15) is 9.59 Å². The van der Waals surface area contributed by atoms with E-state index in [1.165, 1.54) is 81.8 Å². The molecule has 2 saturated carbocycles. The van der Waals surface area contributed by atoms with Gasteiger partial charge in [0.05, 0.1) is 0 Å². The Kier molecular flexibility index (Phi) is 11.7. The third kappa shape index (κ3) is 8.08. The van der Waals surface area contributed by atoms with Crippen LogP contribution in [0.25, 0.3) is 0 Å². The van der Waals surface area contributed by atoms with Crippen LogP contribution in [0.2, 0.25) is 0 Å². The molecule has 0 heterocycles. The predicted octanol–water partition coefficient (Wildman–Crippen LogP) is 10.1. The third-order valence-corrected chi connectivity index (χ3v) is 10.3. The van der Waals surface area contributed by atoms with Crippen LogP contribution < -0.4 is 4.74 Å². The summed E-state index contributed by atoms with van der Waals surface area (Å²) in [5.41, 5.74) is 2.73. The number of aryl methyl sites for hydroxylation is 1. The molecule has 3 nitrogen and oxygen atoms in total. The SMILES string of the molecule is CCCCCCCCC=CCCCCCCCC(=O)Oc1ccc2c(c1)CCC1C2CCC2(C)C(=O)CCC12. The Bertz CT molecular complexity index is 962. The van der Waals surface area contributed by atoms with Crippen LogP contribution in [0.1, 0.15) is 153 Å². The molecule has 0 aliphatic heterocycles. The molecule has 4 rings (SSSR count). The first-order valence-corrected chi connectivity index (χ1v) is 16.5. The van der Waals surface area contributed by atoms with Crippen LogP contribution in [0.15, 0.2) is 30.4 Å². The molecule has 2 fully saturated rings. The van der Waals surface area contributed by atoms with E-state index in [0.29, 0.717) is 35.7 Å². The third-order valence-electron chi connectivity index (χ3n) is 10.3. The summed E-state index contributed by atoms with van der Waals surface area (Å²) in [4.78, 5) is 25.0. The molecule has 4 unspecified atom stereocenters. The van der Waals surface area contributed by atoms with Crippen molar-refractivity contribution in [2.75, 3.05) is 0 Å². The Hall–Kier alpha value is -1.90. The van der Waals surface area contributed by atoms with Crippen LogP contribution in [0.3, 0.4) is 0 Å². The summed E-state index contributed by atoms with van der Waals surface area (Å²) in [6.07, 6.45) is 27.8. The van der Waals surface area contributed by atoms with Crippen molar-refractivity contribution in [3.05, 3.63) is 41.5 Å². The number of benzene rings is 1. The number of ether oxygens (including phenoxy) is 1. The maximum atomic E-state index is 12.6. The standard InChI is InChI=1S/C36H54O3/c1-3-4-5-6-7-8-9-10-11-12-13-14-15-16-17-18-35(38)39-29-20-22-30-28(27-29)19-21-32-31(30)25-26-36(2)33(32)23-24-34(36)37/h10-11,20,22,27,31-33H,3-9,12-19,21,23-26H2,1-2H3. The predicted molar refractivity (Wildman–Crippen MR) is 161 cm³/mol. The van der Waals surface area contributed by atoms with Crippen LogP contribution in [-0.2, 0) is 16.0 Å². The molecule has 0 spiro atoms. The van der Waals surface area contributed by atoms with Crippen molar-refractivity contribution in [1.82, 2.24) is 0 Å². The summed E-state index contributed by atoms with van der Waals surface area (Å²) in [5.74, 6) is 2.88. The summed E-state index contributed by atoms with van der Waals surface area (Å²) in [6, 6.07) is 6.35. The quantitative estimate of drug-likeness (QED) is 0.0917. The number of esters is 1. The van der Waals surface area contributed by atoms with Gasteiger partial charge in [-0.1, -0.05) is 83.4 Å². The molecule has 0 N–H and O–H groups in total. The summed E-state index contributed by atoms with van der Waals surface area (Å²) >= 11 is 0. The fourth-order valence-electron chi connectivity index (χ4n) is 7.92. The van der Waals surface area contributed by atoms with Crippen LogP contribution in [-0.4, -0.2) is 11.8 Å². The van der Waals surface area contributed by atoms with Gasteiger partial charge in [0, 0.05) is 18.3 Å². The fraction of sp³-hybridized carbons (Fsp3) is 0.722. The van der Waals surface area contributed by atoms with E-state index in [1.54, 1.807) is 0 Å². The lowest BCUT2D eigenvalue weighted by molar-refractivity contribution is -0.134. The number of hydrogen-bond acceptors (Lipinski definition) is 3. The van der Waals surface area contributed by atoms with Gasteiger partial charge in [-0.05, 0) is 105 Å². The monoisotopic (exact) mass is 534 g/mol. The highest BCUT2D eigenvalue weighted by atomic mass is 16.5. The van der Waals surface area contributed by atoms with Gasteiger partial charge < -0.3 is 4.74 Å². The summed E-state index contributed by atoms with van der Waals surface area (Å²) in [7, 11) is 0. The average Bonchev–Trinajstić information content (AvgIpc) is 3.24. The Balaban J connectivity index is 1.08. The van der Waals surface area contributed by atoms with Gasteiger partial charge in [-0.2, -0.15) is 0 Å². The molecule has 0 radical (unpaired) electrons. The molecule has 216 valence electrons. The van der Waals surface area contributed by atoms with Gasteiger partial charge in [0.1, 0.15) is 11.5 Å². The van der Waals surface area contributed by atoms with Crippen molar-refractivity contribution in [1.29, 1.82) is 0 Å². The normalized spacial score (nSPS) is 25.9. The van der Waals surface area contributed by atoms with Crippen molar-refractivity contribution >= 4 is 11.8 Å².